The summed E-state index contributed by atoms with van der Waals surface area (Å²) in [6, 6.07) is 16.6. The summed E-state index contributed by atoms with van der Waals surface area (Å²) >= 11 is 1.53. The second kappa shape index (κ2) is 8.42. The summed E-state index contributed by atoms with van der Waals surface area (Å²) < 4.78 is 5.49. The van der Waals surface area contributed by atoms with Crippen LogP contribution in [0.15, 0.2) is 76.2 Å². The first-order valence-electron chi connectivity index (χ1n) is 9.15. The molecule has 0 spiro atoms. The van der Waals surface area contributed by atoms with Crippen LogP contribution in [0.25, 0.3) is 0 Å². The Morgan fingerprint density at radius 2 is 1.93 bits per heavy atom. The first kappa shape index (κ1) is 19.7. The predicted octanol–water partition coefficient (Wildman–Crippen LogP) is 4.40. The Hall–Kier alpha value is -3.59. The van der Waals surface area contributed by atoms with Gasteiger partial charge in [0.2, 0.25) is 11.8 Å². The number of nitrogens with zero attached hydrogens (tertiary/aromatic N) is 2. The zero-order valence-corrected chi connectivity index (χ0v) is 16.5. The van der Waals surface area contributed by atoms with E-state index in [0.29, 0.717) is 17.1 Å². The molecule has 0 saturated heterocycles. The Balaban J connectivity index is 1.53. The third-order valence-corrected chi connectivity index (χ3v) is 5.89. The Kier molecular flexibility index (Phi) is 5.53. The fourth-order valence-electron chi connectivity index (χ4n) is 3.19. The van der Waals surface area contributed by atoms with Gasteiger partial charge in [0.1, 0.15) is 12.3 Å². The molecule has 2 aromatic carbocycles. The zero-order valence-electron chi connectivity index (χ0n) is 15.7. The second-order valence-electron chi connectivity index (χ2n) is 6.63. The molecule has 1 aliphatic rings. The van der Waals surface area contributed by atoms with Crippen LogP contribution in [0.5, 0.6) is 0 Å². The van der Waals surface area contributed by atoms with E-state index < -0.39 is 10.8 Å². The first-order valence-corrected chi connectivity index (χ1v) is 10.0. The number of thioether (sulfide) groups is 1. The normalized spacial score (nSPS) is 15.9. The lowest BCUT2D eigenvalue weighted by Gasteiger charge is -2.22. The molecule has 8 nitrogen and oxygen atoms in total. The van der Waals surface area contributed by atoms with Crippen LogP contribution in [0.4, 0.5) is 17.1 Å². The van der Waals surface area contributed by atoms with Gasteiger partial charge >= 0.3 is 0 Å². The van der Waals surface area contributed by atoms with Gasteiger partial charge in [-0.25, -0.2) is 0 Å². The minimum atomic E-state index is -0.508. The maximum absolute atomic E-state index is 13.0. The van der Waals surface area contributed by atoms with Gasteiger partial charge in [-0.3, -0.25) is 19.7 Å². The van der Waals surface area contributed by atoms with Crippen LogP contribution >= 0.6 is 11.8 Å². The number of nitro benzene ring substituents is 1. The largest absolute Gasteiger partial charge is 0.468 e. The highest BCUT2D eigenvalue weighted by molar-refractivity contribution is 7.99. The van der Waals surface area contributed by atoms with Crippen LogP contribution < -0.4 is 10.2 Å². The zero-order chi connectivity index (χ0) is 21.1. The molecule has 2 amide bonds. The van der Waals surface area contributed by atoms with Crippen molar-refractivity contribution in [1.82, 2.24) is 0 Å². The average molecular weight is 423 g/mol. The molecule has 152 valence electrons. The summed E-state index contributed by atoms with van der Waals surface area (Å²) in [6.45, 7) is -0.168. The summed E-state index contributed by atoms with van der Waals surface area (Å²) in [5.74, 6) is 0.126. The Labute approximate surface area is 176 Å². The highest BCUT2D eigenvalue weighted by Gasteiger charge is 2.31. The van der Waals surface area contributed by atoms with Gasteiger partial charge in [0, 0.05) is 29.1 Å². The molecule has 1 unspecified atom stereocenters. The second-order valence-corrected chi connectivity index (χ2v) is 7.87. The van der Waals surface area contributed by atoms with Crippen molar-refractivity contribution in [2.45, 2.75) is 16.6 Å². The lowest BCUT2D eigenvalue weighted by Crippen LogP contribution is -2.38. The number of rotatable bonds is 5. The minimum absolute atomic E-state index is 0.0642. The molecule has 30 heavy (non-hydrogen) atoms. The molecule has 0 fully saturated rings. The van der Waals surface area contributed by atoms with E-state index in [1.54, 1.807) is 12.3 Å². The van der Waals surface area contributed by atoms with Crippen LogP contribution in [0, 0.1) is 10.1 Å². The Morgan fingerprint density at radius 3 is 2.63 bits per heavy atom. The van der Waals surface area contributed by atoms with Crippen LogP contribution in [0.2, 0.25) is 0 Å². The Bertz CT molecular complexity index is 1080. The fraction of sp³-hybridized carbons (Fsp3) is 0.143. The van der Waals surface area contributed by atoms with Crippen molar-refractivity contribution in [3.63, 3.8) is 0 Å². The van der Waals surface area contributed by atoms with Gasteiger partial charge in [0.05, 0.1) is 22.1 Å². The molecule has 1 aromatic heterocycles. The average Bonchev–Trinajstić information content (AvgIpc) is 3.23. The third kappa shape index (κ3) is 4.20. The van der Waals surface area contributed by atoms with E-state index in [4.69, 9.17) is 4.42 Å². The lowest BCUT2D eigenvalue weighted by molar-refractivity contribution is -0.384. The van der Waals surface area contributed by atoms with Gasteiger partial charge in [0.15, 0.2) is 0 Å². The molecule has 2 heterocycles. The van der Waals surface area contributed by atoms with Crippen molar-refractivity contribution in [2.75, 3.05) is 16.8 Å². The molecule has 4 rings (SSSR count). The number of fused-ring (bicyclic) bond motifs is 1. The van der Waals surface area contributed by atoms with Gasteiger partial charge < -0.3 is 14.6 Å². The number of hydrogen-bond acceptors (Lipinski definition) is 6. The molecular formula is C21H17N3O5S. The maximum atomic E-state index is 13.0. The summed E-state index contributed by atoms with van der Waals surface area (Å²) in [4.78, 5) is 38.2. The summed E-state index contributed by atoms with van der Waals surface area (Å²) in [6.07, 6.45) is 1.77. The van der Waals surface area contributed by atoms with Crippen LogP contribution in [0.3, 0.4) is 0 Å². The molecule has 0 bridgehead atoms. The predicted molar refractivity (Wildman–Crippen MR) is 112 cm³/mol. The van der Waals surface area contributed by atoms with E-state index in [0.717, 1.165) is 4.90 Å². The minimum Gasteiger partial charge on any atom is -0.468 e. The maximum Gasteiger partial charge on any atom is 0.269 e. The smallest absolute Gasteiger partial charge is 0.269 e. The molecular weight excluding hydrogens is 406 g/mol. The monoisotopic (exact) mass is 423 g/mol. The molecule has 0 saturated carbocycles. The number of nitrogens with one attached hydrogen (secondary N) is 1. The summed E-state index contributed by atoms with van der Waals surface area (Å²) in [7, 11) is 0. The third-order valence-electron chi connectivity index (χ3n) is 4.61. The van der Waals surface area contributed by atoms with E-state index in [1.165, 1.54) is 40.9 Å². The quantitative estimate of drug-likeness (QED) is 0.482. The number of carbonyl (C=O) groups excluding carboxylic acids is 2. The van der Waals surface area contributed by atoms with Crippen molar-refractivity contribution in [3.8, 4) is 0 Å². The number of benzene rings is 2. The molecule has 0 radical (unpaired) electrons. The van der Waals surface area contributed by atoms with E-state index in [1.807, 2.05) is 30.3 Å². The van der Waals surface area contributed by atoms with Crippen molar-refractivity contribution >= 4 is 40.6 Å². The molecule has 1 aliphatic heterocycles. The van der Waals surface area contributed by atoms with Gasteiger partial charge in [-0.05, 0) is 36.4 Å². The van der Waals surface area contributed by atoms with E-state index in [9.17, 15) is 19.7 Å². The SMILES string of the molecule is O=C(CN1C(=O)CC(c2ccco2)Sc2ccccc21)Nc1ccc([N+](=O)[O-])cc1. The number of carbonyl (C=O) groups is 2. The van der Waals surface area contributed by atoms with Crippen LogP contribution in [-0.2, 0) is 9.59 Å². The van der Waals surface area contributed by atoms with E-state index in [2.05, 4.69) is 5.32 Å². The Morgan fingerprint density at radius 1 is 1.17 bits per heavy atom. The van der Waals surface area contributed by atoms with Gasteiger partial charge in [-0.2, -0.15) is 0 Å². The molecule has 1 N–H and O–H groups in total. The van der Waals surface area contributed by atoms with E-state index in [-0.39, 0.29) is 29.8 Å². The molecule has 3 aromatic rings. The highest BCUT2D eigenvalue weighted by atomic mass is 32.2. The summed E-state index contributed by atoms with van der Waals surface area (Å²) in [5, 5.41) is 13.3. The number of hydrogen-bond donors (Lipinski definition) is 1. The van der Waals surface area contributed by atoms with Crippen molar-refractivity contribution in [2.24, 2.45) is 0 Å². The number of nitro groups is 1. The van der Waals surface area contributed by atoms with Gasteiger partial charge in [0.25, 0.3) is 5.69 Å². The number of para-hydroxylation sites is 1. The standard InChI is InChI=1S/C21H17N3O5S/c25-20(22-14-7-9-15(10-8-14)24(27)28)13-23-16-4-1-2-6-18(16)30-19(12-21(23)26)17-5-3-11-29-17/h1-11,19H,12-13H2,(H,22,25). The van der Waals surface area contributed by atoms with E-state index >= 15 is 0 Å². The fourth-order valence-corrected chi connectivity index (χ4v) is 4.43. The number of amides is 2. The number of non-ortho nitro benzene ring substituents is 1. The van der Waals surface area contributed by atoms with Gasteiger partial charge in [-0.1, -0.05) is 12.1 Å². The van der Waals surface area contributed by atoms with Crippen molar-refractivity contribution in [1.29, 1.82) is 0 Å². The van der Waals surface area contributed by atoms with Crippen LogP contribution in [0.1, 0.15) is 17.4 Å². The first-order chi connectivity index (χ1) is 14.5. The highest BCUT2D eigenvalue weighted by Crippen LogP contribution is 2.45. The molecule has 1 atom stereocenters. The number of furan rings is 1. The molecule has 9 heteroatoms. The van der Waals surface area contributed by atoms with Crippen LogP contribution in [-0.4, -0.2) is 23.3 Å². The van der Waals surface area contributed by atoms with Gasteiger partial charge in [-0.15, -0.1) is 11.8 Å². The number of anilines is 2. The summed E-state index contributed by atoms with van der Waals surface area (Å²) in [5.41, 5.74) is 1.02. The topological polar surface area (TPSA) is 106 Å². The van der Waals surface area contributed by atoms with Crippen molar-refractivity contribution < 1.29 is 18.9 Å². The van der Waals surface area contributed by atoms with Crippen molar-refractivity contribution in [3.05, 3.63) is 82.8 Å². The molecule has 0 aliphatic carbocycles. The lowest BCUT2D eigenvalue weighted by atomic mass is 10.2.